The predicted molar refractivity (Wildman–Crippen MR) is 60.0 cm³/mol. The third-order valence-corrected chi connectivity index (χ3v) is 3.65. The summed E-state index contributed by atoms with van der Waals surface area (Å²) in [5, 5.41) is 0. The third kappa shape index (κ3) is 2.42. The van der Waals surface area contributed by atoms with E-state index >= 15 is 0 Å². The Morgan fingerprint density at radius 1 is 1.27 bits per heavy atom. The third-order valence-electron chi connectivity index (χ3n) is 1.23. The van der Waals surface area contributed by atoms with Crippen LogP contribution < -0.4 is 0 Å². The summed E-state index contributed by atoms with van der Waals surface area (Å²) in [7, 11) is 0. The van der Waals surface area contributed by atoms with Gasteiger partial charge in [0.15, 0.2) is 0 Å². The van der Waals surface area contributed by atoms with E-state index in [1.165, 1.54) is 0 Å². The zero-order chi connectivity index (χ0) is 8.27. The Labute approximate surface area is 91.1 Å². The Balaban J connectivity index is 3.14. The van der Waals surface area contributed by atoms with Gasteiger partial charge in [-0.1, -0.05) is 50.1 Å². The predicted octanol–water partition coefficient (Wildman–Crippen LogP) is 4.54. The van der Waals surface area contributed by atoms with E-state index in [0.29, 0.717) is 0 Å². The van der Waals surface area contributed by atoms with Crippen molar-refractivity contribution in [3.63, 3.8) is 0 Å². The maximum atomic E-state index is 3.45. The summed E-state index contributed by atoms with van der Waals surface area (Å²) >= 11 is 10.1. The van der Waals surface area contributed by atoms with E-state index in [9.17, 15) is 0 Å². The molecule has 0 fully saturated rings. The van der Waals surface area contributed by atoms with Crippen LogP contribution in [0.3, 0.4) is 0 Å². The van der Waals surface area contributed by atoms with Crippen LogP contribution in [0.25, 0.3) is 4.48 Å². The molecule has 0 heterocycles. The smallest absolute Gasteiger partial charge is 0.0328 e. The van der Waals surface area contributed by atoms with Gasteiger partial charge in [0.05, 0.1) is 0 Å². The standard InChI is InChI=1S/C8H5Br3/c9-5-8(11)6-3-1-2-4-7(6)10/h1-5H/b8-5+. The highest BCUT2D eigenvalue weighted by molar-refractivity contribution is 9.16. The molecule has 0 saturated carbocycles. The molecule has 0 amide bonds. The Morgan fingerprint density at radius 2 is 1.91 bits per heavy atom. The van der Waals surface area contributed by atoms with Crippen molar-refractivity contribution in [1.29, 1.82) is 0 Å². The van der Waals surface area contributed by atoms with Gasteiger partial charge in [-0.3, -0.25) is 0 Å². The largest absolute Gasteiger partial charge is 0.0616 e. The van der Waals surface area contributed by atoms with Crippen molar-refractivity contribution >= 4 is 52.3 Å². The molecule has 0 aliphatic rings. The van der Waals surface area contributed by atoms with Gasteiger partial charge in [0, 0.05) is 14.5 Å². The van der Waals surface area contributed by atoms with E-state index < -0.39 is 0 Å². The van der Waals surface area contributed by atoms with Crippen LogP contribution in [0.1, 0.15) is 5.56 Å². The van der Waals surface area contributed by atoms with Crippen molar-refractivity contribution in [2.45, 2.75) is 0 Å². The zero-order valence-electron chi connectivity index (χ0n) is 5.52. The van der Waals surface area contributed by atoms with Crippen LogP contribution >= 0.6 is 47.8 Å². The highest BCUT2D eigenvalue weighted by atomic mass is 79.9. The van der Waals surface area contributed by atoms with Crippen molar-refractivity contribution in [1.82, 2.24) is 0 Å². The molecule has 0 radical (unpaired) electrons. The van der Waals surface area contributed by atoms with E-state index in [2.05, 4.69) is 47.8 Å². The lowest BCUT2D eigenvalue weighted by Crippen LogP contribution is -1.76. The Morgan fingerprint density at radius 3 is 2.45 bits per heavy atom. The Bertz CT molecular complexity index is 278. The first-order chi connectivity index (χ1) is 5.25. The molecule has 1 aromatic rings. The minimum absolute atomic E-state index is 1.03. The monoisotopic (exact) mass is 338 g/mol. The average Bonchev–Trinajstić information content (AvgIpc) is 2.04. The summed E-state index contributed by atoms with van der Waals surface area (Å²) in [6, 6.07) is 8.03. The molecule has 0 aliphatic carbocycles. The Hall–Kier alpha value is 0.400. The lowest BCUT2D eigenvalue weighted by atomic mass is 10.2. The Kier molecular flexibility index (Phi) is 3.82. The second-order valence-electron chi connectivity index (χ2n) is 1.94. The number of hydrogen-bond donors (Lipinski definition) is 0. The fourth-order valence-electron chi connectivity index (χ4n) is 0.714. The molecular weight excluding hydrogens is 336 g/mol. The maximum Gasteiger partial charge on any atom is 0.0328 e. The zero-order valence-corrected chi connectivity index (χ0v) is 10.3. The lowest BCUT2D eigenvalue weighted by Gasteiger charge is -1.99. The van der Waals surface area contributed by atoms with Gasteiger partial charge in [0.1, 0.15) is 0 Å². The molecule has 3 heteroatoms. The molecule has 0 nitrogen and oxygen atoms in total. The second-order valence-corrected chi connectivity index (χ2v) is 4.10. The van der Waals surface area contributed by atoms with Gasteiger partial charge < -0.3 is 0 Å². The van der Waals surface area contributed by atoms with E-state index in [-0.39, 0.29) is 0 Å². The molecule has 0 spiro atoms. The molecule has 0 aliphatic heterocycles. The van der Waals surface area contributed by atoms with Crippen LogP contribution in [0, 0.1) is 0 Å². The normalized spacial score (nSPS) is 11.7. The summed E-state index contributed by atoms with van der Waals surface area (Å²) < 4.78 is 2.12. The first kappa shape index (κ1) is 9.49. The van der Waals surface area contributed by atoms with Crippen molar-refractivity contribution in [2.75, 3.05) is 0 Å². The first-order valence-corrected chi connectivity index (χ1v) is 5.46. The summed E-state index contributed by atoms with van der Waals surface area (Å²) in [4.78, 5) is 1.84. The summed E-state index contributed by atoms with van der Waals surface area (Å²) in [5.41, 5.74) is 1.14. The molecule has 1 aromatic carbocycles. The fraction of sp³-hybridized carbons (Fsp3) is 0. The number of hydrogen-bond acceptors (Lipinski definition) is 0. The summed E-state index contributed by atoms with van der Waals surface area (Å²) in [6.07, 6.45) is 0. The molecular formula is C8H5Br3. The number of halogens is 3. The van der Waals surface area contributed by atoms with E-state index in [1.54, 1.807) is 0 Å². The second kappa shape index (κ2) is 4.43. The van der Waals surface area contributed by atoms with Gasteiger partial charge in [-0.2, -0.15) is 0 Å². The van der Waals surface area contributed by atoms with Crippen LogP contribution in [0.2, 0.25) is 0 Å². The van der Waals surface area contributed by atoms with Gasteiger partial charge in [0.2, 0.25) is 0 Å². The minimum Gasteiger partial charge on any atom is -0.0616 e. The average molecular weight is 341 g/mol. The molecule has 58 valence electrons. The summed E-state index contributed by atoms with van der Waals surface area (Å²) in [6.45, 7) is 0. The molecule has 0 N–H and O–H groups in total. The van der Waals surface area contributed by atoms with Gasteiger partial charge in [-0.25, -0.2) is 0 Å². The highest BCUT2D eigenvalue weighted by Gasteiger charge is 1.99. The first-order valence-electron chi connectivity index (χ1n) is 2.96. The highest BCUT2D eigenvalue weighted by Crippen LogP contribution is 2.28. The van der Waals surface area contributed by atoms with E-state index in [4.69, 9.17) is 0 Å². The molecule has 0 saturated heterocycles. The van der Waals surface area contributed by atoms with E-state index in [0.717, 1.165) is 14.5 Å². The van der Waals surface area contributed by atoms with Crippen LogP contribution in [-0.2, 0) is 0 Å². The van der Waals surface area contributed by atoms with Gasteiger partial charge in [-0.05, 0) is 27.0 Å². The van der Waals surface area contributed by atoms with Crippen LogP contribution in [0.4, 0.5) is 0 Å². The molecule has 0 aromatic heterocycles. The number of benzene rings is 1. The molecule has 0 bridgehead atoms. The van der Waals surface area contributed by atoms with Crippen molar-refractivity contribution < 1.29 is 0 Å². The SMILES string of the molecule is Br/C=C(/Br)c1ccccc1Br. The van der Waals surface area contributed by atoms with Gasteiger partial charge >= 0.3 is 0 Å². The summed E-state index contributed by atoms with van der Waals surface area (Å²) in [5.74, 6) is 0. The molecule has 1 rings (SSSR count). The molecule has 11 heavy (non-hydrogen) atoms. The fourth-order valence-corrected chi connectivity index (χ4v) is 2.07. The lowest BCUT2D eigenvalue weighted by molar-refractivity contribution is 1.60. The van der Waals surface area contributed by atoms with Crippen molar-refractivity contribution in [2.24, 2.45) is 0 Å². The van der Waals surface area contributed by atoms with Gasteiger partial charge in [-0.15, -0.1) is 0 Å². The van der Waals surface area contributed by atoms with Crippen LogP contribution in [-0.4, -0.2) is 0 Å². The molecule has 0 unspecified atom stereocenters. The van der Waals surface area contributed by atoms with E-state index in [1.807, 2.05) is 29.3 Å². The molecule has 0 atom stereocenters. The minimum atomic E-state index is 1.03. The quantitative estimate of drug-likeness (QED) is 0.704. The van der Waals surface area contributed by atoms with Crippen molar-refractivity contribution in [3.8, 4) is 0 Å². The van der Waals surface area contributed by atoms with Crippen LogP contribution in [0.15, 0.2) is 33.7 Å². The van der Waals surface area contributed by atoms with Crippen LogP contribution in [0.5, 0.6) is 0 Å². The number of rotatable bonds is 1. The topological polar surface area (TPSA) is 0 Å². The van der Waals surface area contributed by atoms with Gasteiger partial charge in [0.25, 0.3) is 0 Å². The maximum absolute atomic E-state index is 3.45. The van der Waals surface area contributed by atoms with Crippen molar-refractivity contribution in [3.05, 3.63) is 39.3 Å².